The summed E-state index contributed by atoms with van der Waals surface area (Å²) in [5, 5.41) is 12.7. The molecule has 6 nitrogen and oxygen atoms in total. The Morgan fingerprint density at radius 1 is 1.20 bits per heavy atom. The SMILES string of the molecule is O=S(=O)(Cc1ccon1)N(CCO)Cc1ccccc1. The van der Waals surface area contributed by atoms with Gasteiger partial charge in [-0.25, -0.2) is 8.42 Å². The van der Waals surface area contributed by atoms with E-state index in [4.69, 9.17) is 5.11 Å². The monoisotopic (exact) mass is 296 g/mol. The maximum atomic E-state index is 12.3. The Hall–Kier alpha value is -1.70. The standard InChI is InChI=1S/C13H16N2O4S/c16-8-7-15(10-12-4-2-1-3-5-12)20(17,18)11-13-6-9-19-14-13/h1-6,9,16H,7-8,10-11H2. The molecule has 2 aromatic rings. The Morgan fingerprint density at radius 3 is 2.55 bits per heavy atom. The predicted molar refractivity (Wildman–Crippen MR) is 73.1 cm³/mol. The molecule has 7 heteroatoms. The van der Waals surface area contributed by atoms with E-state index in [0.717, 1.165) is 5.56 Å². The molecule has 0 saturated heterocycles. The highest BCUT2D eigenvalue weighted by Crippen LogP contribution is 2.13. The number of nitrogens with zero attached hydrogens (tertiary/aromatic N) is 2. The van der Waals surface area contributed by atoms with Crippen LogP contribution in [0.5, 0.6) is 0 Å². The minimum absolute atomic E-state index is 0.0507. The fraction of sp³-hybridized carbons (Fsp3) is 0.308. The van der Waals surface area contributed by atoms with Crippen molar-refractivity contribution in [3.05, 3.63) is 53.9 Å². The smallest absolute Gasteiger partial charge is 0.220 e. The Labute approximate surface area is 117 Å². The molecule has 1 aromatic carbocycles. The summed E-state index contributed by atoms with van der Waals surface area (Å²) in [5.74, 6) is -0.240. The maximum absolute atomic E-state index is 12.3. The summed E-state index contributed by atoms with van der Waals surface area (Å²) in [6.07, 6.45) is 1.33. The molecule has 2 rings (SSSR count). The van der Waals surface area contributed by atoms with Crippen LogP contribution in [0.15, 0.2) is 47.2 Å². The Balaban J connectivity index is 2.14. The van der Waals surface area contributed by atoms with Crippen molar-refractivity contribution in [2.24, 2.45) is 0 Å². The minimum Gasteiger partial charge on any atom is -0.395 e. The number of rotatable bonds is 7. The second-order valence-electron chi connectivity index (χ2n) is 4.29. The summed E-state index contributed by atoms with van der Waals surface area (Å²) in [6, 6.07) is 10.8. The van der Waals surface area contributed by atoms with Gasteiger partial charge < -0.3 is 9.63 Å². The number of aliphatic hydroxyl groups is 1. The predicted octanol–water partition coefficient (Wildman–Crippen LogP) is 0.999. The molecule has 1 N–H and O–H groups in total. The molecule has 0 aliphatic carbocycles. The zero-order chi connectivity index (χ0) is 14.4. The molecule has 108 valence electrons. The van der Waals surface area contributed by atoms with E-state index in [1.807, 2.05) is 30.3 Å². The van der Waals surface area contributed by atoms with Gasteiger partial charge in [-0.3, -0.25) is 0 Å². The number of hydrogen-bond donors (Lipinski definition) is 1. The van der Waals surface area contributed by atoms with Gasteiger partial charge in [-0.1, -0.05) is 35.5 Å². The van der Waals surface area contributed by atoms with Crippen LogP contribution in [0.1, 0.15) is 11.3 Å². The van der Waals surface area contributed by atoms with E-state index in [1.54, 1.807) is 0 Å². The number of sulfonamides is 1. The van der Waals surface area contributed by atoms with Gasteiger partial charge >= 0.3 is 0 Å². The van der Waals surface area contributed by atoms with E-state index in [9.17, 15) is 8.42 Å². The van der Waals surface area contributed by atoms with Crippen molar-refractivity contribution in [2.45, 2.75) is 12.3 Å². The number of hydrogen-bond acceptors (Lipinski definition) is 5. The second kappa shape index (κ2) is 6.65. The van der Waals surface area contributed by atoms with Crippen molar-refractivity contribution < 1.29 is 18.0 Å². The van der Waals surface area contributed by atoms with Gasteiger partial charge in [-0.15, -0.1) is 0 Å². The molecular formula is C13H16N2O4S. The zero-order valence-electron chi connectivity index (χ0n) is 10.8. The summed E-state index contributed by atoms with van der Waals surface area (Å²) in [4.78, 5) is 0. The molecule has 0 fully saturated rings. The third kappa shape index (κ3) is 3.89. The molecule has 1 heterocycles. The molecule has 20 heavy (non-hydrogen) atoms. The molecule has 0 bridgehead atoms. The third-order valence-corrected chi connectivity index (χ3v) is 4.53. The van der Waals surface area contributed by atoms with Gasteiger partial charge in [0.25, 0.3) is 0 Å². The number of aromatic nitrogens is 1. The zero-order valence-corrected chi connectivity index (χ0v) is 11.7. The average molecular weight is 296 g/mol. The second-order valence-corrected chi connectivity index (χ2v) is 6.26. The van der Waals surface area contributed by atoms with Crippen molar-refractivity contribution in [3.8, 4) is 0 Å². The highest BCUT2D eigenvalue weighted by molar-refractivity contribution is 7.88. The topological polar surface area (TPSA) is 83.6 Å². The van der Waals surface area contributed by atoms with Crippen molar-refractivity contribution in [1.29, 1.82) is 0 Å². The van der Waals surface area contributed by atoms with Gasteiger partial charge in [0.2, 0.25) is 10.0 Å². The summed E-state index contributed by atoms with van der Waals surface area (Å²) in [6.45, 7) is 0.0432. The van der Waals surface area contributed by atoms with E-state index < -0.39 is 10.0 Å². The number of benzene rings is 1. The van der Waals surface area contributed by atoms with Gasteiger partial charge in [0.15, 0.2) is 0 Å². The van der Waals surface area contributed by atoms with Gasteiger partial charge in [0, 0.05) is 19.2 Å². The minimum atomic E-state index is -3.55. The van der Waals surface area contributed by atoms with E-state index in [1.165, 1.54) is 16.6 Å². The third-order valence-electron chi connectivity index (χ3n) is 2.77. The molecule has 0 aliphatic rings. The van der Waals surface area contributed by atoms with E-state index in [-0.39, 0.29) is 25.4 Å². The Bertz CT molecular complexity index is 611. The quantitative estimate of drug-likeness (QED) is 0.824. The maximum Gasteiger partial charge on any atom is 0.220 e. The lowest BCUT2D eigenvalue weighted by atomic mass is 10.2. The molecule has 0 spiro atoms. The van der Waals surface area contributed by atoms with Crippen LogP contribution in [0.4, 0.5) is 0 Å². The van der Waals surface area contributed by atoms with E-state index in [2.05, 4.69) is 9.68 Å². The lowest BCUT2D eigenvalue weighted by Gasteiger charge is -2.20. The van der Waals surface area contributed by atoms with E-state index in [0.29, 0.717) is 5.69 Å². The summed E-state index contributed by atoms with van der Waals surface area (Å²) >= 11 is 0. The first-order valence-electron chi connectivity index (χ1n) is 6.13. The molecular weight excluding hydrogens is 280 g/mol. The van der Waals surface area contributed by atoms with Crippen LogP contribution < -0.4 is 0 Å². The van der Waals surface area contributed by atoms with E-state index >= 15 is 0 Å². The van der Waals surface area contributed by atoms with Gasteiger partial charge in [0.1, 0.15) is 12.0 Å². The van der Waals surface area contributed by atoms with Crippen molar-refractivity contribution in [2.75, 3.05) is 13.2 Å². The Morgan fingerprint density at radius 2 is 1.95 bits per heavy atom. The molecule has 1 aromatic heterocycles. The van der Waals surface area contributed by atoms with Gasteiger partial charge in [0.05, 0.1) is 12.3 Å². The normalized spacial score (nSPS) is 11.9. The van der Waals surface area contributed by atoms with Crippen molar-refractivity contribution in [1.82, 2.24) is 9.46 Å². The fourth-order valence-electron chi connectivity index (χ4n) is 1.81. The summed E-state index contributed by atoms with van der Waals surface area (Å²) < 4.78 is 30.5. The molecule has 0 aliphatic heterocycles. The van der Waals surface area contributed by atoms with Crippen LogP contribution in [0.2, 0.25) is 0 Å². The molecule has 0 saturated carbocycles. The first-order chi connectivity index (χ1) is 9.62. The fourth-order valence-corrected chi connectivity index (χ4v) is 3.22. The van der Waals surface area contributed by atoms with Crippen molar-refractivity contribution >= 4 is 10.0 Å². The van der Waals surface area contributed by atoms with Crippen LogP contribution in [0.25, 0.3) is 0 Å². The van der Waals surface area contributed by atoms with Crippen LogP contribution in [-0.4, -0.2) is 36.1 Å². The van der Waals surface area contributed by atoms with Crippen molar-refractivity contribution in [3.63, 3.8) is 0 Å². The van der Waals surface area contributed by atoms with Gasteiger partial charge in [-0.05, 0) is 5.56 Å². The summed E-state index contributed by atoms with van der Waals surface area (Å²) in [7, 11) is -3.55. The molecule has 0 amide bonds. The van der Waals surface area contributed by atoms with Crippen LogP contribution in [0.3, 0.4) is 0 Å². The van der Waals surface area contributed by atoms with Crippen LogP contribution in [0, 0.1) is 0 Å². The highest BCUT2D eigenvalue weighted by Gasteiger charge is 2.23. The summed E-state index contributed by atoms with van der Waals surface area (Å²) in [5.41, 5.74) is 1.21. The number of aliphatic hydroxyl groups excluding tert-OH is 1. The first-order valence-corrected chi connectivity index (χ1v) is 7.74. The lowest BCUT2D eigenvalue weighted by molar-refractivity contribution is 0.251. The van der Waals surface area contributed by atoms with Gasteiger partial charge in [-0.2, -0.15) is 4.31 Å². The van der Waals surface area contributed by atoms with Crippen LogP contribution >= 0.6 is 0 Å². The molecule has 0 unspecified atom stereocenters. The highest BCUT2D eigenvalue weighted by atomic mass is 32.2. The Kier molecular flexibility index (Phi) is 4.89. The molecule has 0 atom stereocenters. The van der Waals surface area contributed by atoms with Crippen LogP contribution in [-0.2, 0) is 22.3 Å². The lowest BCUT2D eigenvalue weighted by Crippen LogP contribution is -2.34. The molecule has 0 radical (unpaired) electrons. The average Bonchev–Trinajstić information content (AvgIpc) is 2.91. The first kappa shape index (κ1) is 14.7. The largest absolute Gasteiger partial charge is 0.395 e.